The molecule has 0 aromatic carbocycles. The van der Waals surface area contributed by atoms with Crippen molar-refractivity contribution in [3.8, 4) is 0 Å². The summed E-state index contributed by atoms with van der Waals surface area (Å²) in [6.07, 6.45) is 41.9. The first-order chi connectivity index (χ1) is 23.4. The van der Waals surface area contributed by atoms with E-state index in [2.05, 4.69) is 53.7 Å². The molecule has 0 radical (unpaired) electrons. The van der Waals surface area contributed by atoms with Gasteiger partial charge in [0.05, 0.1) is 0 Å². The molecule has 49 heavy (non-hydrogen) atoms. The van der Waals surface area contributed by atoms with Gasteiger partial charge in [0.1, 0.15) is 0 Å². The van der Waals surface area contributed by atoms with Crippen LogP contribution in [0.15, 0.2) is 12.2 Å². The first kappa shape index (κ1) is 39.9. The Morgan fingerprint density at radius 1 is 0.551 bits per heavy atom. The summed E-state index contributed by atoms with van der Waals surface area (Å²) < 4.78 is 0. The molecule has 0 aromatic heterocycles. The number of allylic oxidation sites excluding steroid dienone is 2. The zero-order chi connectivity index (χ0) is 33.6. The molecule has 0 bridgehead atoms. The van der Waals surface area contributed by atoms with Crippen molar-refractivity contribution in [3.63, 3.8) is 0 Å². The van der Waals surface area contributed by atoms with E-state index < -0.39 is 0 Å². The van der Waals surface area contributed by atoms with Gasteiger partial charge in [-0.05, 0) is 152 Å². The molecule has 6 aliphatic rings. The minimum atomic E-state index is 0. The van der Waals surface area contributed by atoms with Crippen molar-refractivity contribution >= 4 is 0 Å². The van der Waals surface area contributed by atoms with E-state index in [1.165, 1.54) is 96.3 Å². The van der Waals surface area contributed by atoms with Gasteiger partial charge in [0.25, 0.3) is 0 Å². The van der Waals surface area contributed by atoms with E-state index in [1.807, 2.05) is 0 Å². The zero-order valence-electron chi connectivity index (χ0n) is 33.4. The SMILES string of the molecule is C.CCC1C(CC2CCCCC2C(CCC2CCCC2C)C2CCCCC2C)C2CCCCC2C(C2CCCC(C)C/C=C\C2C)C1CC. The molecule has 0 aliphatic heterocycles. The molecule has 0 aromatic rings. The normalized spacial score (nSPS) is 46.4. The fraction of sp³-hybridized carbons (Fsp3) is 0.959. The van der Waals surface area contributed by atoms with E-state index in [0.29, 0.717) is 0 Å². The molecule has 0 heterocycles. The maximum absolute atomic E-state index is 2.70. The van der Waals surface area contributed by atoms with Gasteiger partial charge in [-0.3, -0.25) is 0 Å². The third-order valence-electron chi connectivity index (χ3n) is 17.6. The van der Waals surface area contributed by atoms with Crippen LogP contribution in [0.25, 0.3) is 0 Å². The van der Waals surface area contributed by atoms with Crippen LogP contribution in [-0.4, -0.2) is 0 Å². The summed E-state index contributed by atoms with van der Waals surface area (Å²) in [6, 6.07) is 0. The second-order valence-electron chi connectivity index (χ2n) is 20.0. The maximum Gasteiger partial charge on any atom is -0.0231 e. The highest BCUT2D eigenvalue weighted by Crippen LogP contribution is 2.60. The highest BCUT2D eigenvalue weighted by molar-refractivity contribution is 5.04. The van der Waals surface area contributed by atoms with Gasteiger partial charge in [-0.1, -0.05) is 157 Å². The molecule has 5 saturated carbocycles. The third-order valence-corrected chi connectivity index (χ3v) is 17.6. The Hall–Kier alpha value is -0.260. The molecule has 5 fully saturated rings. The summed E-state index contributed by atoms with van der Waals surface area (Å²) in [5.74, 6) is 15.7. The quantitative estimate of drug-likeness (QED) is 0.202. The largest absolute Gasteiger partial charge is 0.0880 e. The molecule has 6 aliphatic carbocycles. The van der Waals surface area contributed by atoms with E-state index in [4.69, 9.17) is 0 Å². The lowest BCUT2D eigenvalue weighted by atomic mass is 9.47. The topological polar surface area (TPSA) is 0 Å². The van der Waals surface area contributed by atoms with Gasteiger partial charge < -0.3 is 0 Å². The van der Waals surface area contributed by atoms with Crippen molar-refractivity contribution in [1.82, 2.24) is 0 Å². The number of rotatable bonds is 10. The van der Waals surface area contributed by atoms with Gasteiger partial charge in [-0.2, -0.15) is 0 Å². The van der Waals surface area contributed by atoms with Crippen LogP contribution in [0.5, 0.6) is 0 Å². The molecular weight excluding hydrogens is 589 g/mol. The van der Waals surface area contributed by atoms with Crippen molar-refractivity contribution < 1.29 is 0 Å². The molecule has 0 saturated heterocycles. The van der Waals surface area contributed by atoms with E-state index >= 15 is 0 Å². The lowest BCUT2D eigenvalue weighted by Gasteiger charge is -2.58. The minimum Gasteiger partial charge on any atom is -0.0880 e. The Kier molecular flexibility index (Phi) is 15.6. The van der Waals surface area contributed by atoms with Crippen LogP contribution < -0.4 is 0 Å². The summed E-state index contributed by atoms with van der Waals surface area (Å²) in [6.45, 7) is 15.7. The Balaban J connectivity index is 0.00000468. The third kappa shape index (κ3) is 9.28. The van der Waals surface area contributed by atoms with Crippen molar-refractivity contribution in [1.29, 1.82) is 0 Å². The van der Waals surface area contributed by atoms with Crippen LogP contribution in [0, 0.1) is 94.7 Å². The van der Waals surface area contributed by atoms with Crippen LogP contribution in [0.1, 0.15) is 203 Å². The lowest BCUT2D eigenvalue weighted by Crippen LogP contribution is -2.51. The second-order valence-corrected chi connectivity index (χ2v) is 20.0. The monoisotopic (exact) mass is 677 g/mol. The van der Waals surface area contributed by atoms with Crippen molar-refractivity contribution in [2.24, 2.45) is 94.7 Å². The number of hydrogen-bond donors (Lipinski definition) is 0. The van der Waals surface area contributed by atoms with Crippen LogP contribution >= 0.6 is 0 Å². The van der Waals surface area contributed by atoms with Gasteiger partial charge in [0, 0.05) is 0 Å². The Morgan fingerprint density at radius 2 is 1.16 bits per heavy atom. The molecule has 16 atom stereocenters. The summed E-state index contributed by atoms with van der Waals surface area (Å²) >= 11 is 0. The standard InChI is InChI=1S/C48H84.CH4/c1-7-39-40(8-2)48(42-29-16-19-33(3)18-15-22-36(42)6)46-28-14-13-27-44(46)47(39)32-38-23-10-12-26-43(38)45(41-25-11-9-20-35(41)5)31-30-37-24-17-21-34(37)4;/h15,22,33-48H,7-14,16-21,23-32H2,1-6H3;1H4/b22-15-;. The lowest BCUT2D eigenvalue weighted by molar-refractivity contribution is -0.0913. The van der Waals surface area contributed by atoms with Gasteiger partial charge in [-0.25, -0.2) is 0 Å². The smallest absolute Gasteiger partial charge is 0.0231 e. The number of fused-ring (bicyclic) bond motifs is 1. The van der Waals surface area contributed by atoms with Gasteiger partial charge in [-0.15, -0.1) is 0 Å². The Labute approximate surface area is 309 Å². The summed E-state index contributed by atoms with van der Waals surface area (Å²) in [5, 5.41) is 0. The predicted octanol–water partition coefficient (Wildman–Crippen LogP) is 15.6. The van der Waals surface area contributed by atoms with E-state index in [0.717, 1.165) is 94.7 Å². The van der Waals surface area contributed by atoms with Crippen molar-refractivity contribution in [3.05, 3.63) is 12.2 Å². The van der Waals surface area contributed by atoms with Crippen molar-refractivity contribution in [2.45, 2.75) is 203 Å². The van der Waals surface area contributed by atoms with Gasteiger partial charge >= 0.3 is 0 Å². The maximum atomic E-state index is 2.70. The van der Waals surface area contributed by atoms with Gasteiger partial charge in [0.15, 0.2) is 0 Å². The van der Waals surface area contributed by atoms with Crippen LogP contribution in [-0.2, 0) is 0 Å². The molecule has 0 amide bonds. The number of hydrogen-bond acceptors (Lipinski definition) is 0. The predicted molar refractivity (Wildman–Crippen MR) is 217 cm³/mol. The van der Waals surface area contributed by atoms with Crippen LogP contribution in [0.2, 0.25) is 0 Å². The van der Waals surface area contributed by atoms with Gasteiger partial charge in [0.2, 0.25) is 0 Å². The summed E-state index contributed by atoms with van der Waals surface area (Å²) in [5.41, 5.74) is 0. The minimum absolute atomic E-state index is 0. The van der Waals surface area contributed by atoms with Crippen LogP contribution in [0.4, 0.5) is 0 Å². The molecule has 0 heteroatoms. The summed E-state index contributed by atoms with van der Waals surface area (Å²) in [7, 11) is 0. The molecule has 16 unspecified atom stereocenters. The van der Waals surface area contributed by atoms with Crippen LogP contribution in [0.3, 0.4) is 0 Å². The van der Waals surface area contributed by atoms with E-state index in [1.54, 1.807) is 57.8 Å². The Bertz CT molecular complexity index is 953. The summed E-state index contributed by atoms with van der Waals surface area (Å²) in [4.78, 5) is 0. The fourth-order valence-corrected chi connectivity index (χ4v) is 15.1. The van der Waals surface area contributed by atoms with E-state index in [9.17, 15) is 0 Å². The fourth-order valence-electron chi connectivity index (χ4n) is 15.1. The molecule has 0 spiro atoms. The average Bonchev–Trinajstić information content (AvgIpc) is 3.54. The van der Waals surface area contributed by atoms with Crippen molar-refractivity contribution in [2.75, 3.05) is 0 Å². The first-order valence-electron chi connectivity index (χ1n) is 23.1. The zero-order valence-corrected chi connectivity index (χ0v) is 33.4. The Morgan fingerprint density at radius 3 is 1.88 bits per heavy atom. The first-order valence-corrected chi connectivity index (χ1v) is 23.1. The second kappa shape index (κ2) is 19.2. The highest BCUT2D eigenvalue weighted by atomic mass is 14.6. The average molecular weight is 677 g/mol. The molecule has 0 nitrogen and oxygen atoms in total. The molecule has 6 rings (SSSR count). The highest BCUT2D eigenvalue weighted by Gasteiger charge is 2.53. The molecule has 284 valence electrons. The molecule has 0 N–H and O–H groups in total. The molecular formula is C49H88. The van der Waals surface area contributed by atoms with E-state index in [-0.39, 0.29) is 7.43 Å².